The Morgan fingerprint density at radius 3 is 2.78 bits per heavy atom. The van der Waals surface area contributed by atoms with Crippen LogP contribution in [0.3, 0.4) is 0 Å². The molecule has 0 bridgehead atoms. The lowest BCUT2D eigenvalue weighted by Crippen LogP contribution is -2.31. The molecular formula is C18H23FN4O4. The number of nitrogens with zero attached hydrogens (tertiary/aromatic N) is 4. The maximum Gasteiger partial charge on any atom is 0.331 e. The van der Waals surface area contributed by atoms with Crippen LogP contribution in [0, 0.1) is 10.1 Å². The highest BCUT2D eigenvalue weighted by atomic mass is 19.1. The Bertz CT molecular complexity index is 780. The molecule has 2 heterocycles. The molecule has 0 radical (unpaired) electrons. The Hall–Kier alpha value is -2.68. The average molecular weight is 378 g/mol. The van der Waals surface area contributed by atoms with Crippen molar-refractivity contribution in [3.63, 3.8) is 0 Å². The first-order chi connectivity index (χ1) is 13.0. The molecular weight excluding hydrogens is 355 g/mol. The highest BCUT2D eigenvalue weighted by Crippen LogP contribution is 2.30. The van der Waals surface area contributed by atoms with Gasteiger partial charge in [-0.3, -0.25) is 10.1 Å². The summed E-state index contributed by atoms with van der Waals surface area (Å²) in [6.45, 7) is 0.935. The van der Waals surface area contributed by atoms with E-state index in [9.17, 15) is 14.5 Å². The first kappa shape index (κ1) is 19.1. The number of halogens is 1. The highest BCUT2D eigenvalue weighted by molar-refractivity contribution is 5.57. The van der Waals surface area contributed by atoms with Crippen LogP contribution in [0.25, 0.3) is 0 Å². The number of aromatic nitrogens is 2. The molecule has 1 aliphatic rings. The number of rotatable bonds is 6. The Balaban J connectivity index is 1.63. The van der Waals surface area contributed by atoms with E-state index in [1.165, 1.54) is 10.9 Å². The summed E-state index contributed by atoms with van der Waals surface area (Å²) in [7, 11) is 3.23. The number of alkyl halides is 1. The van der Waals surface area contributed by atoms with Gasteiger partial charge in [-0.1, -0.05) is 12.1 Å². The fourth-order valence-electron chi connectivity index (χ4n) is 3.30. The second kappa shape index (κ2) is 8.34. The van der Waals surface area contributed by atoms with Gasteiger partial charge in [0.25, 0.3) is 0 Å². The van der Waals surface area contributed by atoms with E-state index in [2.05, 4.69) is 5.10 Å². The minimum Gasteiger partial charge on any atom is -0.497 e. The van der Waals surface area contributed by atoms with Crippen LogP contribution in [0.5, 0.6) is 5.75 Å². The van der Waals surface area contributed by atoms with Gasteiger partial charge in [0.15, 0.2) is 0 Å². The summed E-state index contributed by atoms with van der Waals surface area (Å²) in [6.07, 6.45) is 0.657. The topological polar surface area (TPSA) is 82.7 Å². The third-order valence-corrected chi connectivity index (χ3v) is 4.69. The van der Waals surface area contributed by atoms with Crippen molar-refractivity contribution in [1.29, 1.82) is 0 Å². The molecule has 0 unspecified atom stereocenters. The second-order valence-corrected chi connectivity index (χ2v) is 6.58. The van der Waals surface area contributed by atoms with Crippen LogP contribution in [0.2, 0.25) is 0 Å². The molecule has 0 saturated carbocycles. The zero-order valence-corrected chi connectivity index (χ0v) is 15.4. The van der Waals surface area contributed by atoms with Crippen LogP contribution in [-0.4, -0.2) is 47.2 Å². The molecule has 3 rings (SSSR count). The summed E-state index contributed by atoms with van der Waals surface area (Å²) in [4.78, 5) is 12.4. The number of benzene rings is 1. The van der Waals surface area contributed by atoms with Crippen LogP contribution < -0.4 is 9.64 Å². The molecule has 27 heavy (non-hydrogen) atoms. The fourth-order valence-corrected chi connectivity index (χ4v) is 3.30. The van der Waals surface area contributed by atoms with Gasteiger partial charge >= 0.3 is 5.69 Å². The number of aryl methyl sites for hydroxylation is 1. The first-order valence-electron chi connectivity index (χ1n) is 8.78. The van der Waals surface area contributed by atoms with Crippen LogP contribution in [0.15, 0.2) is 30.5 Å². The largest absolute Gasteiger partial charge is 0.497 e. The summed E-state index contributed by atoms with van der Waals surface area (Å²) in [5, 5.41) is 15.2. The molecule has 2 atom stereocenters. The Labute approximate surface area is 156 Å². The van der Waals surface area contributed by atoms with E-state index in [4.69, 9.17) is 9.47 Å². The van der Waals surface area contributed by atoms with E-state index in [0.29, 0.717) is 25.4 Å². The summed E-state index contributed by atoms with van der Waals surface area (Å²) in [5.41, 5.74) is 0.872. The van der Waals surface area contributed by atoms with E-state index in [0.717, 1.165) is 11.3 Å². The number of hydrogen-bond donors (Lipinski definition) is 0. The Morgan fingerprint density at radius 2 is 2.11 bits per heavy atom. The SMILES string of the molecule is COc1ccc(CO[C@@H]2CCN(c3c([N+](=O)[O-])cnn3C)C[C@H](F)C2)cc1. The summed E-state index contributed by atoms with van der Waals surface area (Å²) in [5.74, 6) is 1.10. The lowest BCUT2D eigenvalue weighted by molar-refractivity contribution is -0.384. The van der Waals surface area contributed by atoms with Crippen molar-refractivity contribution >= 4 is 11.5 Å². The van der Waals surface area contributed by atoms with E-state index >= 15 is 0 Å². The zero-order valence-electron chi connectivity index (χ0n) is 15.4. The van der Waals surface area contributed by atoms with Gasteiger partial charge in [-0.25, -0.2) is 9.07 Å². The van der Waals surface area contributed by atoms with Gasteiger partial charge in [-0.05, 0) is 24.1 Å². The van der Waals surface area contributed by atoms with Crippen molar-refractivity contribution in [3.8, 4) is 5.75 Å². The average Bonchev–Trinajstić information content (AvgIpc) is 2.94. The van der Waals surface area contributed by atoms with Crippen LogP contribution in [0.4, 0.5) is 15.9 Å². The normalized spacial score (nSPS) is 20.3. The van der Waals surface area contributed by atoms with Crippen molar-refractivity contribution in [2.45, 2.75) is 31.7 Å². The molecule has 0 aliphatic carbocycles. The van der Waals surface area contributed by atoms with Gasteiger partial charge < -0.3 is 14.4 Å². The first-order valence-corrected chi connectivity index (χ1v) is 8.78. The Kier molecular flexibility index (Phi) is 5.90. The molecule has 1 fully saturated rings. The van der Waals surface area contributed by atoms with Crippen molar-refractivity contribution < 1.29 is 18.8 Å². The number of methoxy groups -OCH3 is 1. The monoisotopic (exact) mass is 378 g/mol. The van der Waals surface area contributed by atoms with Gasteiger partial charge in [-0.2, -0.15) is 5.10 Å². The predicted molar refractivity (Wildman–Crippen MR) is 97.8 cm³/mol. The number of nitro groups is 1. The van der Waals surface area contributed by atoms with E-state index < -0.39 is 11.1 Å². The quantitative estimate of drug-likeness (QED) is 0.568. The number of ether oxygens (including phenoxy) is 2. The summed E-state index contributed by atoms with van der Waals surface area (Å²) < 4.78 is 26.9. The summed E-state index contributed by atoms with van der Waals surface area (Å²) in [6, 6.07) is 7.53. The number of anilines is 1. The minimum atomic E-state index is -1.14. The minimum absolute atomic E-state index is 0.0861. The molecule has 9 heteroatoms. The molecule has 1 saturated heterocycles. The van der Waals surface area contributed by atoms with E-state index in [1.807, 2.05) is 24.3 Å². The van der Waals surface area contributed by atoms with Crippen LogP contribution in [0.1, 0.15) is 18.4 Å². The highest BCUT2D eigenvalue weighted by Gasteiger charge is 2.31. The van der Waals surface area contributed by atoms with Crippen molar-refractivity contribution in [3.05, 3.63) is 46.1 Å². The molecule has 0 amide bonds. The predicted octanol–water partition coefficient (Wildman–Crippen LogP) is 2.86. The summed E-state index contributed by atoms with van der Waals surface area (Å²) >= 11 is 0. The second-order valence-electron chi connectivity index (χ2n) is 6.58. The van der Waals surface area contributed by atoms with Crippen molar-refractivity contribution in [2.24, 2.45) is 7.05 Å². The lowest BCUT2D eigenvalue weighted by Gasteiger charge is -2.22. The van der Waals surface area contributed by atoms with Crippen molar-refractivity contribution in [2.75, 3.05) is 25.1 Å². The number of hydrogen-bond acceptors (Lipinski definition) is 6. The van der Waals surface area contributed by atoms with E-state index in [-0.39, 0.29) is 24.8 Å². The van der Waals surface area contributed by atoms with Crippen LogP contribution in [-0.2, 0) is 18.4 Å². The third-order valence-electron chi connectivity index (χ3n) is 4.69. The molecule has 0 N–H and O–H groups in total. The smallest absolute Gasteiger partial charge is 0.331 e. The molecule has 0 spiro atoms. The van der Waals surface area contributed by atoms with Gasteiger partial charge in [0, 0.05) is 20.0 Å². The fraction of sp³-hybridized carbons (Fsp3) is 0.500. The van der Waals surface area contributed by atoms with Crippen LogP contribution >= 0.6 is 0 Å². The third kappa shape index (κ3) is 4.54. The standard InChI is InChI=1S/C18H23FN4O4/c1-21-18(17(10-20-21)23(24)25)22-8-7-16(9-14(19)11-22)27-12-13-3-5-15(26-2)6-4-13/h3-6,10,14,16H,7-9,11-12H2,1-2H3/t14-,16-/m1/s1. The molecule has 1 aromatic heterocycles. The molecule has 8 nitrogen and oxygen atoms in total. The Morgan fingerprint density at radius 1 is 1.37 bits per heavy atom. The molecule has 146 valence electrons. The maximum absolute atomic E-state index is 14.5. The maximum atomic E-state index is 14.5. The lowest BCUT2D eigenvalue weighted by atomic mass is 10.1. The molecule has 2 aromatic rings. The van der Waals surface area contributed by atoms with Gasteiger partial charge in [0.2, 0.25) is 5.82 Å². The van der Waals surface area contributed by atoms with Gasteiger partial charge in [-0.15, -0.1) is 0 Å². The van der Waals surface area contributed by atoms with Gasteiger partial charge in [0.05, 0.1) is 31.3 Å². The van der Waals surface area contributed by atoms with Gasteiger partial charge in [0.1, 0.15) is 18.1 Å². The molecule has 1 aliphatic heterocycles. The molecule has 1 aromatic carbocycles. The zero-order chi connectivity index (χ0) is 19.4. The van der Waals surface area contributed by atoms with Crippen molar-refractivity contribution in [1.82, 2.24) is 9.78 Å². The van der Waals surface area contributed by atoms with E-state index in [1.54, 1.807) is 19.1 Å².